The first-order valence-corrected chi connectivity index (χ1v) is 5.89. The average Bonchev–Trinajstić information content (AvgIpc) is 2.90. The summed E-state index contributed by atoms with van der Waals surface area (Å²) in [6.07, 6.45) is 3.48. The number of hydrogen-bond acceptors (Lipinski definition) is 4. The molecule has 0 aliphatic carbocycles. The molecule has 0 fully saturated rings. The van der Waals surface area contributed by atoms with Gasteiger partial charge >= 0.3 is 0 Å². The van der Waals surface area contributed by atoms with Crippen molar-refractivity contribution in [3.8, 4) is 0 Å². The van der Waals surface area contributed by atoms with Crippen molar-refractivity contribution in [3.63, 3.8) is 0 Å². The number of methoxy groups -OCH3 is 1. The maximum Gasteiger partial charge on any atom is 0.250 e. The number of amides is 1. The van der Waals surface area contributed by atoms with E-state index < -0.39 is 0 Å². The number of carbonyl (C=O) groups excluding carboxylic acids is 1. The van der Waals surface area contributed by atoms with Crippen LogP contribution in [0.4, 0.5) is 11.4 Å². The topological polar surface area (TPSA) is 79.0 Å². The minimum absolute atomic E-state index is 0.0457. The Morgan fingerprint density at radius 3 is 3.00 bits per heavy atom. The summed E-state index contributed by atoms with van der Waals surface area (Å²) in [5.41, 5.74) is 1.64. The molecule has 19 heavy (non-hydrogen) atoms. The highest BCUT2D eigenvalue weighted by molar-refractivity contribution is 5.92. The summed E-state index contributed by atoms with van der Waals surface area (Å²) in [6, 6.07) is 7.48. The first-order valence-electron chi connectivity index (χ1n) is 5.89. The van der Waals surface area contributed by atoms with Gasteiger partial charge in [0.1, 0.15) is 12.4 Å². The fourth-order valence-corrected chi connectivity index (χ4v) is 1.62. The summed E-state index contributed by atoms with van der Waals surface area (Å²) in [5.74, 6) is 0.680. The van der Waals surface area contributed by atoms with Crippen LogP contribution >= 0.6 is 0 Å². The molecule has 2 rings (SSSR count). The van der Waals surface area contributed by atoms with Crippen LogP contribution in [0.1, 0.15) is 5.82 Å². The third-order valence-electron chi connectivity index (χ3n) is 2.44. The van der Waals surface area contributed by atoms with Gasteiger partial charge in [-0.25, -0.2) is 4.98 Å². The Morgan fingerprint density at radius 2 is 2.26 bits per heavy atom. The van der Waals surface area contributed by atoms with E-state index in [1.807, 2.05) is 24.3 Å². The number of ether oxygens (including phenoxy) is 1. The molecule has 0 atom stereocenters. The summed E-state index contributed by atoms with van der Waals surface area (Å²) >= 11 is 0. The number of carbonyl (C=O) groups is 1. The summed E-state index contributed by atoms with van der Waals surface area (Å²) in [6.45, 7) is 0.645. The van der Waals surface area contributed by atoms with Crippen molar-refractivity contribution in [2.75, 3.05) is 24.4 Å². The van der Waals surface area contributed by atoms with Crippen molar-refractivity contribution in [1.82, 2.24) is 9.97 Å². The number of hydrogen-bond donors (Lipinski definition) is 3. The molecule has 100 valence electrons. The number of anilines is 2. The van der Waals surface area contributed by atoms with Crippen molar-refractivity contribution < 1.29 is 9.53 Å². The van der Waals surface area contributed by atoms with E-state index in [1.165, 1.54) is 7.11 Å². The fourth-order valence-electron chi connectivity index (χ4n) is 1.62. The molecule has 6 nitrogen and oxygen atoms in total. The lowest BCUT2D eigenvalue weighted by Crippen LogP contribution is -2.17. The number of nitrogens with zero attached hydrogens (tertiary/aromatic N) is 1. The average molecular weight is 260 g/mol. The molecular formula is C13H16N4O2. The number of nitrogens with one attached hydrogen (secondary N) is 3. The standard InChI is InChI=1S/C13H16N4O2/c1-19-9-13(18)17-11-4-2-3-10(7-11)16-8-12-14-5-6-15-12/h2-7,16H,8-9H2,1H3,(H,14,15)(H,17,18). The van der Waals surface area contributed by atoms with Crippen LogP contribution in [-0.2, 0) is 16.1 Å². The Kier molecular flexibility index (Phi) is 4.52. The SMILES string of the molecule is COCC(=O)Nc1cccc(NCc2ncc[nH]2)c1. The Hall–Kier alpha value is -2.34. The van der Waals surface area contributed by atoms with Gasteiger partial charge in [0.25, 0.3) is 0 Å². The lowest BCUT2D eigenvalue weighted by molar-refractivity contribution is -0.119. The first kappa shape index (κ1) is 13.1. The molecule has 1 amide bonds. The quantitative estimate of drug-likeness (QED) is 0.737. The smallest absolute Gasteiger partial charge is 0.250 e. The summed E-state index contributed by atoms with van der Waals surface area (Å²) in [7, 11) is 1.49. The van der Waals surface area contributed by atoms with E-state index in [1.54, 1.807) is 12.4 Å². The van der Waals surface area contributed by atoms with Crippen LogP contribution in [0, 0.1) is 0 Å². The van der Waals surface area contributed by atoms with E-state index in [-0.39, 0.29) is 12.5 Å². The van der Waals surface area contributed by atoms with Gasteiger partial charge in [-0.15, -0.1) is 0 Å². The molecule has 0 aliphatic heterocycles. The van der Waals surface area contributed by atoms with Crippen molar-refractivity contribution in [3.05, 3.63) is 42.5 Å². The van der Waals surface area contributed by atoms with Gasteiger partial charge in [0.15, 0.2) is 0 Å². The second-order valence-corrected chi connectivity index (χ2v) is 3.95. The number of imidazole rings is 1. The normalized spacial score (nSPS) is 10.2. The molecule has 0 saturated carbocycles. The van der Waals surface area contributed by atoms with Gasteiger partial charge in [-0.3, -0.25) is 4.79 Å². The van der Waals surface area contributed by atoms with E-state index >= 15 is 0 Å². The van der Waals surface area contributed by atoms with Crippen LogP contribution in [0.15, 0.2) is 36.7 Å². The second kappa shape index (κ2) is 6.55. The Balaban J connectivity index is 1.93. The third-order valence-corrected chi connectivity index (χ3v) is 2.44. The minimum Gasteiger partial charge on any atom is -0.378 e. The molecule has 1 aromatic carbocycles. The van der Waals surface area contributed by atoms with Crippen LogP contribution in [0.3, 0.4) is 0 Å². The Labute approximate surface area is 111 Å². The fraction of sp³-hybridized carbons (Fsp3) is 0.231. The van der Waals surface area contributed by atoms with Crippen molar-refractivity contribution in [1.29, 1.82) is 0 Å². The molecule has 1 heterocycles. The largest absolute Gasteiger partial charge is 0.378 e. The number of H-pyrrole nitrogens is 1. The monoisotopic (exact) mass is 260 g/mol. The molecule has 0 saturated heterocycles. The molecule has 0 spiro atoms. The van der Waals surface area contributed by atoms with Gasteiger partial charge in [0.2, 0.25) is 5.91 Å². The number of rotatable bonds is 6. The number of aromatic amines is 1. The molecule has 2 aromatic rings. The summed E-state index contributed by atoms with van der Waals surface area (Å²) < 4.78 is 4.76. The molecule has 1 aromatic heterocycles. The van der Waals surface area contributed by atoms with E-state index in [0.29, 0.717) is 6.54 Å². The van der Waals surface area contributed by atoms with Crippen LogP contribution in [0.2, 0.25) is 0 Å². The van der Waals surface area contributed by atoms with Crippen LogP contribution in [0.5, 0.6) is 0 Å². The Bertz CT molecular complexity index is 525. The van der Waals surface area contributed by atoms with Gasteiger partial charge in [-0.2, -0.15) is 0 Å². The maximum atomic E-state index is 11.4. The van der Waals surface area contributed by atoms with E-state index in [9.17, 15) is 4.79 Å². The van der Waals surface area contributed by atoms with E-state index in [0.717, 1.165) is 17.2 Å². The van der Waals surface area contributed by atoms with Crippen molar-refractivity contribution in [2.45, 2.75) is 6.54 Å². The van der Waals surface area contributed by atoms with Gasteiger partial charge in [-0.1, -0.05) is 6.07 Å². The summed E-state index contributed by atoms with van der Waals surface area (Å²) in [4.78, 5) is 18.5. The van der Waals surface area contributed by atoms with Crippen LogP contribution in [0.25, 0.3) is 0 Å². The van der Waals surface area contributed by atoms with Gasteiger partial charge in [0, 0.05) is 30.9 Å². The highest BCUT2D eigenvalue weighted by Gasteiger charge is 2.02. The molecule has 0 radical (unpaired) electrons. The number of benzene rings is 1. The minimum atomic E-state index is -0.175. The maximum absolute atomic E-state index is 11.4. The first-order chi connectivity index (χ1) is 9.28. The zero-order valence-electron chi connectivity index (χ0n) is 10.6. The molecular weight excluding hydrogens is 244 g/mol. The Morgan fingerprint density at radius 1 is 1.42 bits per heavy atom. The number of aromatic nitrogens is 2. The molecule has 0 aliphatic rings. The highest BCUT2D eigenvalue weighted by atomic mass is 16.5. The third kappa shape index (κ3) is 4.11. The van der Waals surface area contributed by atoms with E-state index in [2.05, 4.69) is 20.6 Å². The highest BCUT2D eigenvalue weighted by Crippen LogP contribution is 2.15. The molecule has 6 heteroatoms. The van der Waals surface area contributed by atoms with Crippen molar-refractivity contribution >= 4 is 17.3 Å². The van der Waals surface area contributed by atoms with Crippen LogP contribution < -0.4 is 10.6 Å². The second-order valence-electron chi connectivity index (χ2n) is 3.95. The van der Waals surface area contributed by atoms with Crippen LogP contribution in [-0.4, -0.2) is 29.6 Å². The van der Waals surface area contributed by atoms with Gasteiger partial charge in [0.05, 0.1) is 6.54 Å². The zero-order valence-corrected chi connectivity index (χ0v) is 10.6. The molecule has 3 N–H and O–H groups in total. The van der Waals surface area contributed by atoms with Gasteiger partial charge < -0.3 is 20.4 Å². The predicted molar refractivity (Wildman–Crippen MR) is 72.9 cm³/mol. The predicted octanol–water partition coefficient (Wildman–Crippen LogP) is 1.61. The molecule has 0 bridgehead atoms. The lowest BCUT2D eigenvalue weighted by Gasteiger charge is -2.08. The lowest BCUT2D eigenvalue weighted by atomic mass is 10.2. The summed E-state index contributed by atoms with van der Waals surface area (Å²) in [5, 5.41) is 5.97. The van der Waals surface area contributed by atoms with Gasteiger partial charge in [-0.05, 0) is 18.2 Å². The zero-order chi connectivity index (χ0) is 13.5. The van der Waals surface area contributed by atoms with E-state index in [4.69, 9.17) is 4.74 Å². The molecule has 0 unspecified atom stereocenters. The van der Waals surface area contributed by atoms with Crippen molar-refractivity contribution in [2.24, 2.45) is 0 Å².